The molecule has 0 bridgehead atoms. The molecule has 0 aliphatic rings. The van der Waals surface area contributed by atoms with E-state index in [4.69, 9.17) is 9.47 Å². The first kappa shape index (κ1) is 14.8. The molecule has 92 valence electrons. The lowest BCUT2D eigenvalue weighted by Crippen LogP contribution is -2.48. The summed E-state index contributed by atoms with van der Waals surface area (Å²) < 4.78 is 14.3. The van der Waals surface area contributed by atoms with E-state index < -0.39 is 24.4 Å². The smallest absolute Gasteiger partial charge is 0.114 e. The fourth-order valence-electron chi connectivity index (χ4n) is 1.28. The Labute approximate surface area is 89.4 Å². The number of rotatable bonds is 8. The average Bonchev–Trinajstić information content (AvgIpc) is 2.19. The van der Waals surface area contributed by atoms with E-state index in [0.717, 1.165) is 0 Å². The molecule has 0 aliphatic carbocycles. The number of aliphatic hydroxyl groups excluding tert-OH is 3. The van der Waals surface area contributed by atoms with E-state index in [2.05, 4.69) is 4.74 Å². The van der Waals surface area contributed by atoms with Crippen molar-refractivity contribution >= 4 is 0 Å². The fraction of sp³-hybridized carbons (Fsp3) is 1.00. The van der Waals surface area contributed by atoms with Crippen molar-refractivity contribution in [3.8, 4) is 0 Å². The Morgan fingerprint density at radius 3 is 1.73 bits per heavy atom. The summed E-state index contributed by atoms with van der Waals surface area (Å²) in [6.45, 7) is -0.00397. The van der Waals surface area contributed by atoms with Gasteiger partial charge in [0.2, 0.25) is 0 Å². The zero-order valence-electron chi connectivity index (χ0n) is 9.29. The predicted octanol–water partition coefficient (Wildman–Crippen LogP) is -1.62. The van der Waals surface area contributed by atoms with E-state index in [9.17, 15) is 15.3 Å². The molecule has 0 aromatic heterocycles. The molecule has 0 aromatic carbocycles. The second-order valence-electron chi connectivity index (χ2n) is 3.24. The Morgan fingerprint density at radius 2 is 1.33 bits per heavy atom. The van der Waals surface area contributed by atoms with Gasteiger partial charge < -0.3 is 29.5 Å². The molecule has 0 radical (unpaired) electrons. The third-order valence-electron chi connectivity index (χ3n) is 2.06. The van der Waals surface area contributed by atoms with Gasteiger partial charge in [0.1, 0.15) is 24.4 Å². The Bertz CT molecular complexity index is 154. The number of aliphatic hydroxyl groups is 3. The zero-order chi connectivity index (χ0) is 11.8. The molecular formula is C9H20O6. The van der Waals surface area contributed by atoms with E-state index in [1.165, 1.54) is 21.3 Å². The van der Waals surface area contributed by atoms with E-state index in [-0.39, 0.29) is 13.2 Å². The molecule has 0 unspecified atom stereocenters. The number of hydrogen-bond donors (Lipinski definition) is 3. The van der Waals surface area contributed by atoms with Crippen LogP contribution in [0.4, 0.5) is 0 Å². The minimum absolute atomic E-state index is 0.0231. The van der Waals surface area contributed by atoms with Crippen LogP contribution in [0.15, 0.2) is 0 Å². The van der Waals surface area contributed by atoms with Gasteiger partial charge in [0.25, 0.3) is 0 Å². The molecule has 0 saturated heterocycles. The maximum Gasteiger partial charge on any atom is 0.114 e. The Hall–Kier alpha value is -0.240. The minimum atomic E-state index is -1.22. The van der Waals surface area contributed by atoms with Crippen LogP contribution in [0.5, 0.6) is 0 Å². The molecule has 0 heterocycles. The quantitative estimate of drug-likeness (QED) is 0.459. The summed E-state index contributed by atoms with van der Waals surface area (Å²) in [6.07, 6.45) is -4.23. The summed E-state index contributed by atoms with van der Waals surface area (Å²) in [5.41, 5.74) is 0. The first-order valence-electron chi connectivity index (χ1n) is 4.63. The Morgan fingerprint density at radius 1 is 0.867 bits per heavy atom. The van der Waals surface area contributed by atoms with Crippen LogP contribution < -0.4 is 0 Å². The molecule has 0 aromatic rings. The fourth-order valence-corrected chi connectivity index (χ4v) is 1.28. The molecule has 0 saturated carbocycles. The largest absolute Gasteiger partial charge is 0.388 e. The molecule has 4 atom stereocenters. The number of hydrogen-bond acceptors (Lipinski definition) is 6. The summed E-state index contributed by atoms with van der Waals surface area (Å²) >= 11 is 0. The van der Waals surface area contributed by atoms with Crippen molar-refractivity contribution in [2.45, 2.75) is 24.4 Å². The van der Waals surface area contributed by atoms with Crippen molar-refractivity contribution in [3.05, 3.63) is 0 Å². The van der Waals surface area contributed by atoms with Crippen LogP contribution in [0, 0.1) is 0 Å². The van der Waals surface area contributed by atoms with Gasteiger partial charge in [-0.2, -0.15) is 0 Å². The second kappa shape index (κ2) is 7.98. The van der Waals surface area contributed by atoms with Crippen molar-refractivity contribution in [1.29, 1.82) is 0 Å². The highest BCUT2D eigenvalue weighted by Crippen LogP contribution is 2.09. The van der Waals surface area contributed by atoms with Crippen molar-refractivity contribution in [2.75, 3.05) is 34.5 Å². The van der Waals surface area contributed by atoms with Crippen LogP contribution in [-0.4, -0.2) is 74.3 Å². The highest BCUT2D eigenvalue weighted by molar-refractivity contribution is 4.81. The Balaban J connectivity index is 4.24. The molecular weight excluding hydrogens is 204 g/mol. The molecule has 0 fully saturated rings. The maximum atomic E-state index is 9.64. The standard InChI is InChI=1S/C9H20O6/c1-13-4-6(10)8(12)9(15-3)7(11)5-14-2/h6-12H,4-5H2,1-3H3/t6-,7+,8-,9-/m1/s1. The van der Waals surface area contributed by atoms with Gasteiger partial charge in [-0.05, 0) is 0 Å². The molecule has 6 heteroatoms. The summed E-state index contributed by atoms with van der Waals surface area (Å²) in [7, 11) is 4.17. The zero-order valence-corrected chi connectivity index (χ0v) is 9.29. The third kappa shape index (κ3) is 4.87. The van der Waals surface area contributed by atoms with Crippen LogP contribution in [0.3, 0.4) is 0 Å². The van der Waals surface area contributed by atoms with Crippen molar-refractivity contribution in [3.63, 3.8) is 0 Å². The van der Waals surface area contributed by atoms with E-state index in [1.54, 1.807) is 0 Å². The van der Waals surface area contributed by atoms with Gasteiger partial charge in [-0.15, -0.1) is 0 Å². The van der Waals surface area contributed by atoms with Crippen LogP contribution in [0.2, 0.25) is 0 Å². The lowest BCUT2D eigenvalue weighted by atomic mass is 10.0. The predicted molar refractivity (Wildman–Crippen MR) is 52.6 cm³/mol. The number of methoxy groups -OCH3 is 3. The molecule has 15 heavy (non-hydrogen) atoms. The normalized spacial score (nSPS) is 19.6. The topological polar surface area (TPSA) is 88.4 Å². The van der Waals surface area contributed by atoms with Crippen molar-refractivity contribution in [1.82, 2.24) is 0 Å². The lowest BCUT2D eigenvalue weighted by molar-refractivity contribution is -0.141. The molecule has 3 N–H and O–H groups in total. The van der Waals surface area contributed by atoms with Crippen molar-refractivity contribution in [2.24, 2.45) is 0 Å². The van der Waals surface area contributed by atoms with Gasteiger partial charge in [-0.3, -0.25) is 0 Å². The first-order chi connectivity index (χ1) is 7.08. The monoisotopic (exact) mass is 224 g/mol. The van der Waals surface area contributed by atoms with E-state index in [0.29, 0.717) is 0 Å². The minimum Gasteiger partial charge on any atom is -0.388 e. The Kier molecular flexibility index (Phi) is 7.85. The maximum absolute atomic E-state index is 9.64. The number of ether oxygens (including phenoxy) is 3. The molecule has 6 nitrogen and oxygen atoms in total. The van der Waals surface area contributed by atoms with Gasteiger partial charge in [0.05, 0.1) is 13.2 Å². The van der Waals surface area contributed by atoms with E-state index in [1.807, 2.05) is 0 Å². The van der Waals surface area contributed by atoms with Crippen LogP contribution in [-0.2, 0) is 14.2 Å². The lowest BCUT2D eigenvalue weighted by Gasteiger charge is -2.28. The highest BCUT2D eigenvalue weighted by Gasteiger charge is 2.31. The van der Waals surface area contributed by atoms with Gasteiger partial charge in [0, 0.05) is 21.3 Å². The summed E-state index contributed by atoms with van der Waals surface area (Å²) in [6, 6.07) is 0. The van der Waals surface area contributed by atoms with Gasteiger partial charge in [-0.1, -0.05) is 0 Å². The second-order valence-corrected chi connectivity index (χ2v) is 3.24. The van der Waals surface area contributed by atoms with Gasteiger partial charge >= 0.3 is 0 Å². The summed E-state index contributed by atoms with van der Waals surface area (Å²) in [5.74, 6) is 0. The molecule has 0 amide bonds. The molecule has 0 aliphatic heterocycles. The van der Waals surface area contributed by atoms with Crippen molar-refractivity contribution < 1.29 is 29.5 Å². The van der Waals surface area contributed by atoms with Crippen LogP contribution in [0.1, 0.15) is 0 Å². The van der Waals surface area contributed by atoms with Crippen LogP contribution >= 0.6 is 0 Å². The average molecular weight is 224 g/mol. The summed E-state index contributed by atoms with van der Waals surface area (Å²) in [4.78, 5) is 0. The highest BCUT2D eigenvalue weighted by atomic mass is 16.5. The summed E-state index contributed by atoms with van der Waals surface area (Å²) in [5, 5.41) is 28.6. The van der Waals surface area contributed by atoms with Gasteiger partial charge in [0.15, 0.2) is 0 Å². The molecule has 0 rings (SSSR count). The van der Waals surface area contributed by atoms with Crippen LogP contribution in [0.25, 0.3) is 0 Å². The SMILES string of the molecule is COC[C@@H](O)[C@@H](O)[C@H](OC)[C@@H](O)COC. The first-order valence-corrected chi connectivity index (χ1v) is 4.63. The van der Waals surface area contributed by atoms with Gasteiger partial charge in [-0.25, -0.2) is 0 Å². The third-order valence-corrected chi connectivity index (χ3v) is 2.06. The van der Waals surface area contributed by atoms with E-state index >= 15 is 0 Å². The molecule has 0 spiro atoms.